The first-order valence-corrected chi connectivity index (χ1v) is 12.7. The molecule has 1 aliphatic heterocycles. The van der Waals surface area contributed by atoms with Crippen LogP contribution < -0.4 is 10.6 Å². The van der Waals surface area contributed by atoms with Gasteiger partial charge in [0.05, 0.1) is 23.5 Å². The number of likely N-dealkylation sites (N-methyl/N-ethyl adjacent to an activating group) is 1. The molecule has 1 aromatic carbocycles. The van der Waals surface area contributed by atoms with Crippen LogP contribution in [-0.2, 0) is 9.59 Å². The van der Waals surface area contributed by atoms with Crippen molar-refractivity contribution in [2.45, 2.75) is 76.9 Å². The molecule has 0 spiro atoms. The summed E-state index contributed by atoms with van der Waals surface area (Å²) in [5.41, 5.74) is 3.99. The largest absolute Gasteiger partial charge is 0.343 e. The molecule has 3 atom stereocenters. The van der Waals surface area contributed by atoms with Gasteiger partial charge in [0, 0.05) is 12.1 Å². The minimum absolute atomic E-state index is 0.0297. The Hall–Kier alpha value is -2.80. The van der Waals surface area contributed by atoms with Gasteiger partial charge in [0.25, 0.3) is 0 Å². The molecule has 2 heterocycles. The van der Waals surface area contributed by atoms with Crippen LogP contribution in [0.25, 0.3) is 11.3 Å². The van der Waals surface area contributed by atoms with Gasteiger partial charge < -0.3 is 15.5 Å². The summed E-state index contributed by atoms with van der Waals surface area (Å²) in [6.07, 6.45) is 8.79. The highest BCUT2D eigenvalue weighted by molar-refractivity contribution is 5.90. The minimum Gasteiger partial charge on any atom is -0.343 e. The highest BCUT2D eigenvalue weighted by Crippen LogP contribution is 2.35. The lowest BCUT2D eigenvalue weighted by atomic mass is 9.83. The van der Waals surface area contributed by atoms with Gasteiger partial charge in [-0.15, -0.1) is 0 Å². The number of nitrogens with one attached hydrogen (secondary N) is 2. The predicted octanol–water partition coefficient (Wildman–Crippen LogP) is 3.79. The average molecular weight is 464 g/mol. The zero-order valence-corrected chi connectivity index (χ0v) is 20.6. The first-order chi connectivity index (χ1) is 16.5. The fraction of sp³-hybridized carbons (Fsp3) is 0.556. The van der Waals surface area contributed by atoms with Gasteiger partial charge in [0.15, 0.2) is 0 Å². The molecule has 0 bridgehead atoms. The molecule has 2 amide bonds. The molecule has 2 aromatic rings. The second-order valence-corrected chi connectivity index (χ2v) is 9.73. The van der Waals surface area contributed by atoms with E-state index in [-0.39, 0.29) is 29.8 Å². The van der Waals surface area contributed by atoms with E-state index < -0.39 is 6.04 Å². The van der Waals surface area contributed by atoms with Crippen molar-refractivity contribution in [3.63, 3.8) is 0 Å². The number of aryl methyl sites for hydroxylation is 1. The molecule has 1 aliphatic carbocycles. The summed E-state index contributed by atoms with van der Waals surface area (Å²) in [7, 11) is 1.76. The van der Waals surface area contributed by atoms with Crippen LogP contribution in [0.15, 0.2) is 36.7 Å². The molecule has 7 heteroatoms. The number of nitrogens with zero attached hydrogens (tertiary/aromatic N) is 3. The van der Waals surface area contributed by atoms with Crippen LogP contribution in [-0.4, -0.2) is 52.4 Å². The van der Waals surface area contributed by atoms with Crippen LogP contribution in [0, 0.1) is 12.8 Å². The first-order valence-electron chi connectivity index (χ1n) is 12.7. The van der Waals surface area contributed by atoms with Crippen molar-refractivity contribution in [3.05, 3.63) is 47.9 Å². The molecule has 1 saturated carbocycles. The van der Waals surface area contributed by atoms with Crippen LogP contribution in [0.3, 0.4) is 0 Å². The van der Waals surface area contributed by atoms with Crippen LogP contribution in [0.1, 0.15) is 69.2 Å². The monoisotopic (exact) mass is 463 g/mol. The maximum atomic E-state index is 13.9. The van der Waals surface area contributed by atoms with Gasteiger partial charge in [-0.05, 0) is 64.1 Å². The van der Waals surface area contributed by atoms with Gasteiger partial charge in [0.2, 0.25) is 11.8 Å². The summed E-state index contributed by atoms with van der Waals surface area (Å²) in [5, 5.41) is 6.09. The molecular formula is C27H37N5O2. The highest BCUT2D eigenvalue weighted by atomic mass is 16.2. The lowest BCUT2D eigenvalue weighted by Gasteiger charge is -2.35. The van der Waals surface area contributed by atoms with Crippen molar-refractivity contribution in [1.29, 1.82) is 0 Å². The molecule has 2 fully saturated rings. The van der Waals surface area contributed by atoms with Gasteiger partial charge in [-0.2, -0.15) is 0 Å². The third kappa shape index (κ3) is 5.30. The van der Waals surface area contributed by atoms with Gasteiger partial charge in [-0.1, -0.05) is 43.5 Å². The van der Waals surface area contributed by atoms with E-state index in [1.165, 1.54) is 6.42 Å². The fourth-order valence-electron chi connectivity index (χ4n) is 5.34. The summed E-state index contributed by atoms with van der Waals surface area (Å²) in [5.74, 6) is 0.0941. The number of amides is 2. The van der Waals surface area contributed by atoms with Crippen molar-refractivity contribution in [2.75, 3.05) is 13.6 Å². The van der Waals surface area contributed by atoms with Gasteiger partial charge >= 0.3 is 0 Å². The van der Waals surface area contributed by atoms with E-state index >= 15 is 0 Å². The number of hydrogen-bond donors (Lipinski definition) is 2. The molecule has 0 radical (unpaired) electrons. The van der Waals surface area contributed by atoms with Crippen molar-refractivity contribution in [2.24, 2.45) is 5.92 Å². The normalized spacial score (nSPS) is 20.7. The molecule has 2 N–H and O–H groups in total. The smallest absolute Gasteiger partial charge is 0.246 e. The third-order valence-electron chi connectivity index (χ3n) is 7.50. The second kappa shape index (κ2) is 11.1. The Bertz CT molecular complexity index is 1000. The molecule has 2 aliphatic rings. The van der Waals surface area contributed by atoms with E-state index in [1.807, 2.05) is 30.0 Å². The topological polar surface area (TPSA) is 87.2 Å². The SMILES string of the molecule is CN[C@@H](C)C(=O)N[C@H](C(=O)N1CCC[C@H]1c1cc(-c2ccccc2C)ncn1)C1CCCCC1. The number of benzene rings is 1. The summed E-state index contributed by atoms with van der Waals surface area (Å²) in [6.45, 7) is 4.59. The number of rotatable bonds is 7. The lowest BCUT2D eigenvalue weighted by Crippen LogP contribution is -2.55. The van der Waals surface area contributed by atoms with E-state index in [0.29, 0.717) is 6.54 Å². The maximum absolute atomic E-state index is 13.9. The van der Waals surface area contributed by atoms with Crippen molar-refractivity contribution in [1.82, 2.24) is 25.5 Å². The molecule has 4 rings (SSSR count). The second-order valence-electron chi connectivity index (χ2n) is 9.73. The summed E-state index contributed by atoms with van der Waals surface area (Å²) in [4.78, 5) is 37.7. The average Bonchev–Trinajstić information content (AvgIpc) is 3.37. The first kappa shape index (κ1) is 24.3. The minimum atomic E-state index is -0.484. The Morgan fingerprint density at radius 2 is 1.82 bits per heavy atom. The van der Waals surface area contributed by atoms with Crippen LogP contribution in [0.5, 0.6) is 0 Å². The van der Waals surface area contributed by atoms with Crippen LogP contribution in [0.4, 0.5) is 0 Å². The third-order valence-corrected chi connectivity index (χ3v) is 7.50. The van der Waals surface area contributed by atoms with E-state index in [2.05, 4.69) is 39.7 Å². The van der Waals surface area contributed by atoms with Gasteiger partial charge in [-0.25, -0.2) is 9.97 Å². The number of carbonyl (C=O) groups is 2. The van der Waals surface area contributed by atoms with Gasteiger partial charge in [0.1, 0.15) is 12.4 Å². The van der Waals surface area contributed by atoms with Crippen LogP contribution in [0.2, 0.25) is 0 Å². The summed E-state index contributed by atoms with van der Waals surface area (Å²) >= 11 is 0. The molecule has 1 saturated heterocycles. The molecule has 182 valence electrons. The molecule has 7 nitrogen and oxygen atoms in total. The van der Waals surface area contributed by atoms with Crippen LogP contribution >= 0.6 is 0 Å². The summed E-state index contributed by atoms with van der Waals surface area (Å²) < 4.78 is 0. The number of likely N-dealkylation sites (tertiary alicyclic amines) is 1. The fourth-order valence-corrected chi connectivity index (χ4v) is 5.34. The Labute approximate surface area is 202 Å². The Kier molecular flexibility index (Phi) is 7.93. The number of aromatic nitrogens is 2. The molecule has 1 aromatic heterocycles. The van der Waals surface area contributed by atoms with E-state index in [4.69, 9.17) is 0 Å². The molecule has 0 unspecified atom stereocenters. The van der Waals surface area contributed by atoms with E-state index in [0.717, 1.165) is 61.0 Å². The molecule has 34 heavy (non-hydrogen) atoms. The predicted molar refractivity (Wildman–Crippen MR) is 133 cm³/mol. The van der Waals surface area contributed by atoms with Crippen molar-refractivity contribution >= 4 is 11.8 Å². The quantitative estimate of drug-likeness (QED) is 0.652. The standard InChI is InChI=1S/C27H37N5O2/c1-18-10-7-8-13-21(18)22-16-23(30-17-29-22)24-14-9-15-32(24)27(34)25(20-11-5-4-6-12-20)31-26(33)19(2)28-3/h7-8,10,13,16-17,19-20,24-25,28H,4-6,9,11-12,14-15H2,1-3H3,(H,31,33)/t19-,24-,25-/m0/s1. The number of hydrogen-bond acceptors (Lipinski definition) is 5. The lowest BCUT2D eigenvalue weighted by molar-refractivity contribution is -0.139. The van der Waals surface area contributed by atoms with Crippen molar-refractivity contribution < 1.29 is 9.59 Å². The maximum Gasteiger partial charge on any atom is 0.246 e. The zero-order chi connectivity index (χ0) is 24.1. The zero-order valence-electron chi connectivity index (χ0n) is 20.6. The Morgan fingerprint density at radius 1 is 1.06 bits per heavy atom. The van der Waals surface area contributed by atoms with Gasteiger partial charge in [-0.3, -0.25) is 9.59 Å². The Balaban J connectivity index is 1.59. The Morgan fingerprint density at radius 3 is 2.56 bits per heavy atom. The van der Waals surface area contributed by atoms with E-state index in [1.54, 1.807) is 13.4 Å². The summed E-state index contributed by atoms with van der Waals surface area (Å²) in [6, 6.07) is 9.28. The highest BCUT2D eigenvalue weighted by Gasteiger charge is 2.39. The van der Waals surface area contributed by atoms with E-state index in [9.17, 15) is 9.59 Å². The number of carbonyl (C=O) groups excluding carboxylic acids is 2. The molecular weight excluding hydrogens is 426 g/mol. The van der Waals surface area contributed by atoms with Crippen molar-refractivity contribution in [3.8, 4) is 11.3 Å².